The van der Waals surface area contributed by atoms with Crippen molar-refractivity contribution in [3.05, 3.63) is 25.9 Å². The van der Waals surface area contributed by atoms with Gasteiger partial charge in [-0.05, 0) is 32.6 Å². The Morgan fingerprint density at radius 3 is 3.00 bits per heavy atom. The van der Waals surface area contributed by atoms with E-state index in [4.69, 9.17) is 5.11 Å². The number of aliphatic hydroxyl groups excluding tert-OH is 1. The van der Waals surface area contributed by atoms with Gasteiger partial charge in [-0.25, -0.2) is 0 Å². The molecule has 2 heterocycles. The van der Waals surface area contributed by atoms with Crippen LogP contribution in [0.25, 0.3) is 0 Å². The molecule has 110 valence electrons. The monoisotopic (exact) mass is 298 g/mol. The maximum absolute atomic E-state index is 12.5. The molecule has 1 amide bonds. The van der Waals surface area contributed by atoms with Gasteiger partial charge in [-0.15, -0.1) is 11.3 Å². The number of aliphatic hydroxyl groups is 1. The standard InChI is InChI=1S/C13H18N2O4S/c1-9-11(15(18)19)8-12(20-9)13(17)14-6-2-4-10(14)5-3-7-16/h8,10,16H,2-7H2,1H3. The molecule has 1 unspecified atom stereocenters. The summed E-state index contributed by atoms with van der Waals surface area (Å²) in [5.41, 5.74) is 0.0180. The van der Waals surface area contributed by atoms with Crippen LogP contribution in [0.2, 0.25) is 0 Å². The first-order chi connectivity index (χ1) is 9.54. The molecule has 2 rings (SSSR count). The van der Waals surface area contributed by atoms with E-state index in [1.807, 2.05) is 0 Å². The fourth-order valence-electron chi connectivity index (χ4n) is 2.63. The zero-order valence-electron chi connectivity index (χ0n) is 11.4. The van der Waals surface area contributed by atoms with Crippen LogP contribution in [0.3, 0.4) is 0 Å². The largest absolute Gasteiger partial charge is 0.396 e. The number of aryl methyl sites for hydroxylation is 1. The van der Waals surface area contributed by atoms with Crippen LogP contribution >= 0.6 is 11.3 Å². The molecule has 0 radical (unpaired) electrons. The van der Waals surface area contributed by atoms with Crippen molar-refractivity contribution < 1.29 is 14.8 Å². The SMILES string of the molecule is Cc1sc(C(=O)N2CCCC2CCCO)cc1[N+](=O)[O-]. The summed E-state index contributed by atoms with van der Waals surface area (Å²) in [6, 6.07) is 1.53. The van der Waals surface area contributed by atoms with Gasteiger partial charge >= 0.3 is 0 Å². The average Bonchev–Trinajstić information content (AvgIpc) is 3.01. The van der Waals surface area contributed by atoms with Crippen LogP contribution in [-0.2, 0) is 0 Å². The van der Waals surface area contributed by atoms with Crippen LogP contribution < -0.4 is 0 Å². The Balaban J connectivity index is 2.14. The molecule has 1 aliphatic heterocycles. The maximum Gasteiger partial charge on any atom is 0.283 e. The van der Waals surface area contributed by atoms with Crippen LogP contribution in [0.5, 0.6) is 0 Å². The van der Waals surface area contributed by atoms with Crippen LogP contribution in [0.4, 0.5) is 5.69 Å². The first kappa shape index (κ1) is 14.9. The number of thiophene rings is 1. The van der Waals surface area contributed by atoms with Crippen LogP contribution in [-0.4, -0.2) is 40.0 Å². The van der Waals surface area contributed by atoms with Crippen molar-refractivity contribution in [3.8, 4) is 0 Å². The molecule has 0 aromatic carbocycles. The van der Waals surface area contributed by atoms with Gasteiger partial charge in [0.15, 0.2) is 0 Å². The minimum atomic E-state index is -0.449. The van der Waals surface area contributed by atoms with E-state index < -0.39 is 4.92 Å². The smallest absolute Gasteiger partial charge is 0.283 e. The van der Waals surface area contributed by atoms with Crippen molar-refractivity contribution in [2.24, 2.45) is 0 Å². The second-order valence-electron chi connectivity index (χ2n) is 4.97. The van der Waals surface area contributed by atoms with Crippen LogP contribution in [0.15, 0.2) is 6.07 Å². The zero-order valence-corrected chi connectivity index (χ0v) is 12.2. The molecule has 7 heteroatoms. The molecule has 1 atom stereocenters. The predicted octanol–water partition coefficient (Wildman–Crippen LogP) is 2.34. The molecule has 1 N–H and O–H groups in total. The van der Waals surface area contributed by atoms with Crippen molar-refractivity contribution in [2.75, 3.05) is 13.2 Å². The van der Waals surface area contributed by atoms with E-state index in [1.54, 1.807) is 11.8 Å². The zero-order chi connectivity index (χ0) is 14.7. The fourth-order valence-corrected chi connectivity index (χ4v) is 3.57. The Hall–Kier alpha value is -1.47. The number of hydrogen-bond acceptors (Lipinski definition) is 5. The summed E-state index contributed by atoms with van der Waals surface area (Å²) in [6.07, 6.45) is 3.36. The molecule has 1 aromatic rings. The van der Waals surface area contributed by atoms with Crippen molar-refractivity contribution in [3.63, 3.8) is 0 Å². The van der Waals surface area contributed by atoms with Gasteiger partial charge in [-0.3, -0.25) is 14.9 Å². The first-order valence-electron chi connectivity index (χ1n) is 6.71. The van der Waals surface area contributed by atoms with Gasteiger partial charge in [0.05, 0.1) is 14.7 Å². The van der Waals surface area contributed by atoms with E-state index in [2.05, 4.69) is 0 Å². The lowest BCUT2D eigenvalue weighted by Crippen LogP contribution is -2.35. The summed E-state index contributed by atoms with van der Waals surface area (Å²) in [4.78, 5) is 25.6. The quantitative estimate of drug-likeness (QED) is 0.668. The van der Waals surface area contributed by atoms with Crippen LogP contribution in [0, 0.1) is 17.0 Å². The summed E-state index contributed by atoms with van der Waals surface area (Å²) in [6.45, 7) is 2.48. The summed E-state index contributed by atoms with van der Waals surface area (Å²) < 4.78 is 0. The highest BCUT2D eigenvalue weighted by molar-refractivity contribution is 7.14. The minimum Gasteiger partial charge on any atom is -0.396 e. The van der Waals surface area contributed by atoms with Gasteiger partial charge in [0.25, 0.3) is 11.6 Å². The normalized spacial score (nSPS) is 18.5. The molecular formula is C13H18N2O4S. The molecule has 6 nitrogen and oxygen atoms in total. The summed E-state index contributed by atoms with van der Waals surface area (Å²) in [5.74, 6) is -0.119. The van der Waals surface area contributed by atoms with E-state index in [9.17, 15) is 14.9 Å². The second-order valence-corrected chi connectivity index (χ2v) is 6.23. The second kappa shape index (κ2) is 6.32. The average molecular weight is 298 g/mol. The topological polar surface area (TPSA) is 83.7 Å². The van der Waals surface area contributed by atoms with Gasteiger partial charge in [0.1, 0.15) is 0 Å². The highest BCUT2D eigenvalue weighted by Gasteiger charge is 2.31. The Kier molecular flexibility index (Phi) is 4.72. The third kappa shape index (κ3) is 2.99. The number of carbonyl (C=O) groups excluding carboxylic acids is 1. The van der Waals surface area contributed by atoms with Crippen molar-refractivity contribution >= 4 is 22.9 Å². The van der Waals surface area contributed by atoms with E-state index in [0.29, 0.717) is 22.7 Å². The molecule has 20 heavy (non-hydrogen) atoms. The Labute approximate surface area is 121 Å². The van der Waals surface area contributed by atoms with Gasteiger partial charge in [-0.1, -0.05) is 0 Å². The van der Waals surface area contributed by atoms with E-state index in [0.717, 1.165) is 19.3 Å². The van der Waals surface area contributed by atoms with E-state index in [1.165, 1.54) is 17.4 Å². The highest BCUT2D eigenvalue weighted by atomic mass is 32.1. The number of rotatable bonds is 5. The Bertz CT molecular complexity index is 514. The number of amides is 1. The summed E-state index contributed by atoms with van der Waals surface area (Å²) in [5, 5.41) is 19.7. The van der Waals surface area contributed by atoms with Crippen molar-refractivity contribution in [2.45, 2.75) is 38.6 Å². The molecule has 0 aliphatic carbocycles. The molecule has 1 aromatic heterocycles. The first-order valence-corrected chi connectivity index (χ1v) is 7.53. The molecule has 0 saturated carbocycles. The Morgan fingerprint density at radius 2 is 2.40 bits per heavy atom. The van der Waals surface area contributed by atoms with Gasteiger partial charge < -0.3 is 10.0 Å². The number of nitrogens with zero attached hydrogens (tertiary/aromatic N) is 2. The van der Waals surface area contributed by atoms with Crippen LogP contribution in [0.1, 0.15) is 40.2 Å². The molecular weight excluding hydrogens is 280 g/mol. The minimum absolute atomic E-state index is 0.0180. The van der Waals surface area contributed by atoms with Crippen molar-refractivity contribution in [1.29, 1.82) is 0 Å². The molecule has 0 bridgehead atoms. The lowest BCUT2D eigenvalue weighted by molar-refractivity contribution is -0.385. The van der Waals surface area contributed by atoms with Crippen molar-refractivity contribution in [1.82, 2.24) is 4.90 Å². The summed E-state index contributed by atoms with van der Waals surface area (Å²) >= 11 is 1.18. The lowest BCUT2D eigenvalue weighted by atomic mass is 10.1. The van der Waals surface area contributed by atoms with E-state index >= 15 is 0 Å². The number of likely N-dealkylation sites (tertiary alicyclic amines) is 1. The van der Waals surface area contributed by atoms with Gasteiger partial charge in [0.2, 0.25) is 0 Å². The summed E-state index contributed by atoms with van der Waals surface area (Å²) in [7, 11) is 0. The highest BCUT2D eigenvalue weighted by Crippen LogP contribution is 2.31. The Morgan fingerprint density at radius 1 is 1.65 bits per heavy atom. The van der Waals surface area contributed by atoms with Gasteiger partial charge in [0, 0.05) is 25.3 Å². The van der Waals surface area contributed by atoms with Gasteiger partial charge in [-0.2, -0.15) is 0 Å². The van der Waals surface area contributed by atoms with E-state index in [-0.39, 0.29) is 24.2 Å². The fraction of sp³-hybridized carbons (Fsp3) is 0.615. The predicted molar refractivity (Wildman–Crippen MR) is 76.1 cm³/mol. The number of nitro groups is 1. The maximum atomic E-state index is 12.5. The third-order valence-corrected chi connectivity index (χ3v) is 4.66. The molecule has 1 saturated heterocycles. The molecule has 1 fully saturated rings. The number of carbonyl (C=O) groups is 1. The third-order valence-electron chi connectivity index (χ3n) is 3.63. The lowest BCUT2D eigenvalue weighted by Gasteiger charge is -2.23. The molecule has 1 aliphatic rings. The molecule has 0 spiro atoms. The number of hydrogen-bond donors (Lipinski definition) is 1.